The van der Waals surface area contributed by atoms with Crippen LogP contribution in [0.4, 0.5) is 11.6 Å². The molecule has 7 nitrogen and oxygen atoms in total. The summed E-state index contributed by atoms with van der Waals surface area (Å²) in [6.07, 6.45) is 14.1. The molecule has 0 unspecified atom stereocenters. The van der Waals surface area contributed by atoms with Gasteiger partial charge < -0.3 is 5.32 Å². The molecular formula is C19H16ClN7. The monoisotopic (exact) mass is 377 g/mol. The average Bonchev–Trinajstić information content (AvgIpc) is 3.27. The Morgan fingerprint density at radius 1 is 1.22 bits per heavy atom. The second-order valence-electron chi connectivity index (χ2n) is 6.38. The molecule has 3 heterocycles. The molecule has 134 valence electrons. The number of halogens is 1. The third-order valence-corrected chi connectivity index (χ3v) is 4.78. The number of benzene rings is 1. The van der Waals surface area contributed by atoms with Gasteiger partial charge in [0.25, 0.3) is 0 Å². The molecule has 1 aliphatic rings. The summed E-state index contributed by atoms with van der Waals surface area (Å²) >= 11 is 6.07. The van der Waals surface area contributed by atoms with Gasteiger partial charge in [-0.05, 0) is 36.6 Å². The fourth-order valence-corrected chi connectivity index (χ4v) is 3.39. The van der Waals surface area contributed by atoms with Crippen molar-refractivity contribution in [1.29, 1.82) is 0 Å². The zero-order valence-corrected chi connectivity index (χ0v) is 15.1. The Morgan fingerprint density at radius 2 is 2.19 bits per heavy atom. The standard InChI is InChI=1S/C19H16ClN7/c20-17-18-24-19(25-26(18)9-8-21-17)23-15-7-6-14-11-22-27(16(14)10-15)12-13-4-2-1-3-5-13/h2,4-11H,1,3,12H2,(H,23,25). The fourth-order valence-electron chi connectivity index (χ4n) is 3.20. The molecule has 0 atom stereocenters. The van der Waals surface area contributed by atoms with E-state index in [0.29, 0.717) is 16.7 Å². The van der Waals surface area contributed by atoms with E-state index in [0.717, 1.165) is 36.0 Å². The van der Waals surface area contributed by atoms with Gasteiger partial charge in [-0.2, -0.15) is 10.1 Å². The summed E-state index contributed by atoms with van der Waals surface area (Å²) in [7, 11) is 0. The highest BCUT2D eigenvalue weighted by Gasteiger charge is 2.10. The van der Waals surface area contributed by atoms with Crippen molar-refractivity contribution in [3.05, 3.63) is 65.7 Å². The first kappa shape index (κ1) is 16.0. The minimum Gasteiger partial charge on any atom is -0.323 e. The third kappa shape index (κ3) is 3.06. The number of nitrogens with one attached hydrogen (secondary N) is 1. The summed E-state index contributed by atoms with van der Waals surface area (Å²) in [5.41, 5.74) is 3.75. The van der Waals surface area contributed by atoms with Gasteiger partial charge in [0, 0.05) is 23.5 Å². The Kier molecular flexibility index (Phi) is 3.86. The number of fused-ring (bicyclic) bond motifs is 2. The summed E-state index contributed by atoms with van der Waals surface area (Å²) in [4.78, 5) is 8.42. The first-order chi connectivity index (χ1) is 13.3. The predicted octanol–water partition coefficient (Wildman–Crippen LogP) is 4.15. The van der Waals surface area contributed by atoms with Crippen molar-refractivity contribution in [2.24, 2.45) is 0 Å². The van der Waals surface area contributed by atoms with Crippen molar-refractivity contribution < 1.29 is 0 Å². The van der Waals surface area contributed by atoms with Gasteiger partial charge in [0.1, 0.15) is 0 Å². The number of hydrogen-bond donors (Lipinski definition) is 1. The van der Waals surface area contributed by atoms with E-state index in [4.69, 9.17) is 11.6 Å². The van der Waals surface area contributed by atoms with Crippen molar-refractivity contribution in [1.82, 2.24) is 29.4 Å². The summed E-state index contributed by atoms with van der Waals surface area (Å²) in [6.45, 7) is 0.761. The molecule has 0 aliphatic heterocycles. The molecule has 27 heavy (non-hydrogen) atoms. The minimum absolute atomic E-state index is 0.320. The maximum absolute atomic E-state index is 6.07. The number of hydrogen-bond acceptors (Lipinski definition) is 5. The van der Waals surface area contributed by atoms with Crippen molar-refractivity contribution in [3.63, 3.8) is 0 Å². The van der Waals surface area contributed by atoms with E-state index in [1.165, 1.54) is 5.57 Å². The van der Waals surface area contributed by atoms with Crippen molar-refractivity contribution in [2.75, 3.05) is 5.32 Å². The van der Waals surface area contributed by atoms with E-state index in [-0.39, 0.29) is 0 Å². The lowest BCUT2D eigenvalue weighted by Crippen LogP contribution is -2.03. The van der Waals surface area contributed by atoms with Gasteiger partial charge >= 0.3 is 0 Å². The molecule has 8 heteroatoms. The van der Waals surface area contributed by atoms with Crippen LogP contribution in [-0.2, 0) is 6.54 Å². The van der Waals surface area contributed by atoms with Crippen LogP contribution in [0.15, 0.2) is 60.6 Å². The van der Waals surface area contributed by atoms with Crippen molar-refractivity contribution >= 4 is 39.8 Å². The highest BCUT2D eigenvalue weighted by Crippen LogP contribution is 2.23. The second kappa shape index (κ2) is 6.51. The van der Waals surface area contributed by atoms with Crippen molar-refractivity contribution in [3.8, 4) is 0 Å². The van der Waals surface area contributed by atoms with Gasteiger partial charge in [-0.25, -0.2) is 9.50 Å². The second-order valence-corrected chi connectivity index (χ2v) is 6.74. The molecule has 0 amide bonds. The Balaban J connectivity index is 1.46. The van der Waals surface area contributed by atoms with Crippen LogP contribution in [0.2, 0.25) is 5.15 Å². The van der Waals surface area contributed by atoms with Gasteiger partial charge in [-0.15, -0.1) is 5.10 Å². The molecule has 1 aromatic carbocycles. The Hall–Kier alpha value is -3.19. The summed E-state index contributed by atoms with van der Waals surface area (Å²) in [5, 5.41) is 13.6. The van der Waals surface area contributed by atoms with Gasteiger partial charge in [-0.3, -0.25) is 4.68 Å². The summed E-state index contributed by atoms with van der Waals surface area (Å²) < 4.78 is 3.61. The highest BCUT2D eigenvalue weighted by molar-refractivity contribution is 6.32. The topological polar surface area (TPSA) is 72.9 Å². The van der Waals surface area contributed by atoms with E-state index in [1.54, 1.807) is 16.9 Å². The van der Waals surface area contributed by atoms with E-state index in [9.17, 15) is 0 Å². The molecule has 0 fully saturated rings. The van der Waals surface area contributed by atoms with Gasteiger partial charge in [0.15, 0.2) is 10.8 Å². The van der Waals surface area contributed by atoms with Crippen LogP contribution in [0.25, 0.3) is 16.6 Å². The normalized spacial score (nSPS) is 14.0. The maximum Gasteiger partial charge on any atom is 0.247 e. The fraction of sp³-hybridized carbons (Fsp3) is 0.158. The number of aromatic nitrogens is 6. The lowest BCUT2D eigenvalue weighted by molar-refractivity contribution is 0.705. The minimum atomic E-state index is 0.320. The largest absolute Gasteiger partial charge is 0.323 e. The van der Waals surface area contributed by atoms with Crippen LogP contribution in [0.3, 0.4) is 0 Å². The van der Waals surface area contributed by atoms with E-state index in [2.05, 4.69) is 49.8 Å². The number of nitrogens with zero attached hydrogens (tertiary/aromatic N) is 6. The molecule has 0 spiro atoms. The molecule has 1 aliphatic carbocycles. The van der Waals surface area contributed by atoms with Crippen LogP contribution < -0.4 is 5.32 Å². The van der Waals surface area contributed by atoms with Gasteiger partial charge in [-0.1, -0.05) is 29.8 Å². The number of allylic oxidation sites excluding steroid dienone is 4. The first-order valence-electron chi connectivity index (χ1n) is 8.71. The average molecular weight is 378 g/mol. The Labute approximate surface area is 160 Å². The van der Waals surface area contributed by atoms with E-state index in [1.807, 2.05) is 23.0 Å². The van der Waals surface area contributed by atoms with Gasteiger partial charge in [0.2, 0.25) is 5.95 Å². The molecule has 5 rings (SSSR count). The molecule has 3 aromatic heterocycles. The van der Waals surface area contributed by atoms with Crippen LogP contribution in [0, 0.1) is 0 Å². The van der Waals surface area contributed by atoms with Gasteiger partial charge in [0.05, 0.1) is 18.3 Å². The Bertz CT molecular complexity index is 1200. The molecule has 0 bridgehead atoms. The zero-order chi connectivity index (χ0) is 18.2. The molecular weight excluding hydrogens is 362 g/mol. The maximum atomic E-state index is 6.07. The van der Waals surface area contributed by atoms with Crippen LogP contribution in [0.1, 0.15) is 12.8 Å². The van der Waals surface area contributed by atoms with Crippen LogP contribution >= 0.6 is 11.6 Å². The first-order valence-corrected chi connectivity index (χ1v) is 9.09. The molecule has 0 saturated carbocycles. The van der Waals surface area contributed by atoms with Crippen molar-refractivity contribution in [2.45, 2.75) is 19.4 Å². The predicted molar refractivity (Wildman–Crippen MR) is 105 cm³/mol. The molecule has 1 N–H and O–H groups in total. The SMILES string of the molecule is Clc1nccn2nc(Nc3ccc4cnn(CC5=CCCC=C5)c4c3)nc12. The van der Waals surface area contributed by atoms with Crippen LogP contribution in [0.5, 0.6) is 0 Å². The summed E-state index contributed by atoms with van der Waals surface area (Å²) in [5.74, 6) is 0.466. The van der Waals surface area contributed by atoms with E-state index >= 15 is 0 Å². The lowest BCUT2D eigenvalue weighted by Gasteiger charge is -2.09. The molecule has 0 saturated heterocycles. The summed E-state index contributed by atoms with van der Waals surface area (Å²) in [6, 6.07) is 6.08. The smallest absolute Gasteiger partial charge is 0.247 e. The third-order valence-electron chi connectivity index (χ3n) is 4.52. The Morgan fingerprint density at radius 3 is 3.04 bits per heavy atom. The van der Waals surface area contributed by atoms with Crippen LogP contribution in [-0.4, -0.2) is 29.4 Å². The quantitative estimate of drug-likeness (QED) is 0.578. The number of anilines is 2. The highest BCUT2D eigenvalue weighted by atomic mass is 35.5. The zero-order valence-electron chi connectivity index (χ0n) is 14.4. The molecule has 0 radical (unpaired) electrons. The molecule has 4 aromatic rings. The number of rotatable bonds is 4. The van der Waals surface area contributed by atoms with E-state index < -0.39 is 0 Å². The lowest BCUT2D eigenvalue weighted by atomic mass is 10.1.